The largest absolute Gasteiger partial charge is 0.489 e. The number of amides is 1. The molecule has 2 aromatic rings. The second-order valence-corrected chi connectivity index (χ2v) is 5.27. The predicted octanol–water partition coefficient (Wildman–Crippen LogP) is 2.26. The molecule has 0 spiro atoms. The first-order valence-electron chi connectivity index (χ1n) is 6.99. The molecule has 1 amide bonds. The first-order valence-corrected chi connectivity index (χ1v) is 6.99. The Hall–Kier alpha value is -2.63. The SMILES string of the molecule is C=C(C)COc1cccc(C(=O)N[C@H](C)c2nncn2C)c1. The van der Waals surface area contributed by atoms with E-state index < -0.39 is 0 Å². The molecule has 0 unspecified atom stereocenters. The number of benzene rings is 1. The van der Waals surface area contributed by atoms with E-state index in [2.05, 4.69) is 22.1 Å². The van der Waals surface area contributed by atoms with Crippen LogP contribution in [0.1, 0.15) is 36.1 Å². The fourth-order valence-electron chi connectivity index (χ4n) is 1.96. The standard InChI is InChI=1S/C16H20N4O2/c1-11(2)9-22-14-7-5-6-13(8-14)16(21)18-12(3)15-19-17-10-20(15)4/h5-8,10,12H,1,9H2,2-4H3,(H,18,21)/t12-/m1/s1. The summed E-state index contributed by atoms with van der Waals surface area (Å²) in [6.07, 6.45) is 1.60. The van der Waals surface area contributed by atoms with Gasteiger partial charge >= 0.3 is 0 Å². The topological polar surface area (TPSA) is 69.0 Å². The molecule has 6 nitrogen and oxygen atoms in total. The number of nitrogens with zero attached hydrogens (tertiary/aromatic N) is 3. The summed E-state index contributed by atoms with van der Waals surface area (Å²) >= 11 is 0. The molecule has 2 rings (SSSR count). The van der Waals surface area contributed by atoms with Crippen molar-refractivity contribution in [1.29, 1.82) is 0 Å². The zero-order chi connectivity index (χ0) is 16.1. The van der Waals surface area contributed by atoms with Crippen LogP contribution in [0.4, 0.5) is 0 Å². The van der Waals surface area contributed by atoms with Crippen LogP contribution in [0.5, 0.6) is 5.75 Å². The van der Waals surface area contributed by atoms with E-state index in [1.807, 2.05) is 27.0 Å². The minimum absolute atomic E-state index is 0.184. The van der Waals surface area contributed by atoms with Crippen LogP contribution in [-0.4, -0.2) is 27.3 Å². The Labute approximate surface area is 129 Å². The smallest absolute Gasteiger partial charge is 0.251 e. The highest BCUT2D eigenvalue weighted by Crippen LogP contribution is 2.15. The maximum Gasteiger partial charge on any atom is 0.251 e. The van der Waals surface area contributed by atoms with Gasteiger partial charge in [0.1, 0.15) is 18.7 Å². The highest BCUT2D eigenvalue weighted by Gasteiger charge is 2.15. The van der Waals surface area contributed by atoms with E-state index in [4.69, 9.17) is 4.74 Å². The molecule has 0 saturated heterocycles. The summed E-state index contributed by atoms with van der Waals surface area (Å²) in [4.78, 5) is 12.3. The van der Waals surface area contributed by atoms with Crippen molar-refractivity contribution in [2.45, 2.75) is 19.9 Å². The molecular weight excluding hydrogens is 280 g/mol. The lowest BCUT2D eigenvalue weighted by atomic mass is 10.2. The lowest BCUT2D eigenvalue weighted by Gasteiger charge is -2.13. The third-order valence-electron chi connectivity index (χ3n) is 3.06. The molecule has 0 bridgehead atoms. The average molecular weight is 300 g/mol. The molecule has 1 heterocycles. The van der Waals surface area contributed by atoms with E-state index in [1.54, 1.807) is 29.1 Å². The third-order valence-corrected chi connectivity index (χ3v) is 3.06. The number of carbonyl (C=O) groups excluding carboxylic acids is 1. The lowest BCUT2D eigenvalue weighted by molar-refractivity contribution is 0.0937. The van der Waals surface area contributed by atoms with Gasteiger partial charge in [0.25, 0.3) is 5.91 Å². The maximum atomic E-state index is 12.3. The van der Waals surface area contributed by atoms with E-state index in [0.717, 1.165) is 5.57 Å². The quantitative estimate of drug-likeness (QED) is 0.831. The van der Waals surface area contributed by atoms with Crippen LogP contribution in [0.15, 0.2) is 42.7 Å². The summed E-state index contributed by atoms with van der Waals surface area (Å²) in [6, 6.07) is 6.81. The van der Waals surface area contributed by atoms with Crippen LogP contribution in [0.25, 0.3) is 0 Å². The van der Waals surface area contributed by atoms with E-state index in [0.29, 0.717) is 23.7 Å². The summed E-state index contributed by atoms with van der Waals surface area (Å²) in [7, 11) is 1.84. The molecule has 1 N–H and O–H groups in total. The van der Waals surface area contributed by atoms with Crippen molar-refractivity contribution in [3.63, 3.8) is 0 Å². The molecule has 0 fully saturated rings. The number of hydrogen-bond donors (Lipinski definition) is 1. The van der Waals surface area contributed by atoms with Crippen molar-refractivity contribution in [2.75, 3.05) is 6.61 Å². The minimum Gasteiger partial charge on any atom is -0.489 e. The van der Waals surface area contributed by atoms with Gasteiger partial charge in [0.15, 0.2) is 5.82 Å². The number of aromatic nitrogens is 3. The summed E-state index contributed by atoms with van der Waals surface area (Å²) in [5.74, 6) is 1.15. The third kappa shape index (κ3) is 3.94. The van der Waals surface area contributed by atoms with Gasteiger partial charge in [-0.25, -0.2) is 0 Å². The molecule has 6 heteroatoms. The molecule has 1 atom stereocenters. The average Bonchev–Trinajstić information content (AvgIpc) is 2.91. The van der Waals surface area contributed by atoms with Gasteiger partial charge in [-0.3, -0.25) is 4.79 Å². The molecular formula is C16H20N4O2. The first-order chi connectivity index (χ1) is 10.5. The Bertz CT molecular complexity index is 678. The summed E-state index contributed by atoms with van der Waals surface area (Å²) in [5, 5.41) is 10.7. The zero-order valence-corrected chi connectivity index (χ0v) is 13.0. The van der Waals surface area contributed by atoms with Crippen LogP contribution in [-0.2, 0) is 7.05 Å². The number of aryl methyl sites for hydroxylation is 1. The number of hydrogen-bond acceptors (Lipinski definition) is 4. The number of ether oxygens (including phenoxy) is 1. The summed E-state index contributed by atoms with van der Waals surface area (Å²) < 4.78 is 7.32. The van der Waals surface area contributed by atoms with Crippen molar-refractivity contribution in [3.05, 3.63) is 54.1 Å². The second kappa shape index (κ2) is 6.89. The lowest BCUT2D eigenvalue weighted by Crippen LogP contribution is -2.28. The molecule has 22 heavy (non-hydrogen) atoms. The molecule has 1 aromatic heterocycles. The second-order valence-electron chi connectivity index (χ2n) is 5.27. The molecule has 0 saturated carbocycles. The zero-order valence-electron chi connectivity index (χ0n) is 13.0. The maximum absolute atomic E-state index is 12.3. The van der Waals surface area contributed by atoms with Gasteiger partial charge in [-0.05, 0) is 37.6 Å². The first kappa shape index (κ1) is 15.8. The van der Waals surface area contributed by atoms with Gasteiger partial charge < -0.3 is 14.6 Å². The Morgan fingerprint density at radius 1 is 1.50 bits per heavy atom. The van der Waals surface area contributed by atoms with E-state index in [-0.39, 0.29) is 11.9 Å². The van der Waals surface area contributed by atoms with Crippen LogP contribution < -0.4 is 10.1 Å². The van der Waals surface area contributed by atoms with Crippen LogP contribution in [0.3, 0.4) is 0 Å². The van der Waals surface area contributed by atoms with Crippen molar-refractivity contribution in [2.24, 2.45) is 7.05 Å². The van der Waals surface area contributed by atoms with Gasteiger partial charge in [-0.1, -0.05) is 12.6 Å². The van der Waals surface area contributed by atoms with E-state index in [9.17, 15) is 4.79 Å². The Morgan fingerprint density at radius 3 is 2.91 bits per heavy atom. The van der Waals surface area contributed by atoms with Crippen molar-refractivity contribution < 1.29 is 9.53 Å². The van der Waals surface area contributed by atoms with Crippen LogP contribution in [0.2, 0.25) is 0 Å². The van der Waals surface area contributed by atoms with Gasteiger partial charge in [0.05, 0.1) is 6.04 Å². The minimum atomic E-state index is -0.236. The number of rotatable bonds is 6. The molecule has 0 aliphatic heterocycles. The fraction of sp³-hybridized carbons (Fsp3) is 0.312. The normalized spacial score (nSPS) is 11.8. The van der Waals surface area contributed by atoms with Crippen LogP contribution in [0, 0.1) is 0 Å². The summed E-state index contributed by atoms with van der Waals surface area (Å²) in [6.45, 7) is 7.97. The van der Waals surface area contributed by atoms with E-state index >= 15 is 0 Å². The molecule has 116 valence electrons. The van der Waals surface area contributed by atoms with E-state index in [1.165, 1.54) is 0 Å². The fourth-order valence-corrected chi connectivity index (χ4v) is 1.96. The number of nitrogens with one attached hydrogen (secondary N) is 1. The van der Waals surface area contributed by atoms with Crippen molar-refractivity contribution in [1.82, 2.24) is 20.1 Å². The number of carbonyl (C=O) groups is 1. The van der Waals surface area contributed by atoms with Crippen molar-refractivity contribution >= 4 is 5.91 Å². The van der Waals surface area contributed by atoms with Gasteiger partial charge in [-0.15, -0.1) is 10.2 Å². The van der Waals surface area contributed by atoms with Gasteiger partial charge in [0, 0.05) is 12.6 Å². The Balaban J connectivity index is 2.04. The highest BCUT2D eigenvalue weighted by molar-refractivity contribution is 5.94. The van der Waals surface area contributed by atoms with Crippen molar-refractivity contribution in [3.8, 4) is 5.75 Å². The molecule has 0 aliphatic carbocycles. The molecule has 1 aromatic carbocycles. The van der Waals surface area contributed by atoms with Crippen LogP contribution >= 0.6 is 0 Å². The highest BCUT2D eigenvalue weighted by atomic mass is 16.5. The monoisotopic (exact) mass is 300 g/mol. The van der Waals surface area contributed by atoms with Gasteiger partial charge in [-0.2, -0.15) is 0 Å². The van der Waals surface area contributed by atoms with Gasteiger partial charge in [0.2, 0.25) is 0 Å². The Morgan fingerprint density at radius 2 is 2.27 bits per heavy atom. The Kier molecular flexibility index (Phi) is 4.93. The predicted molar refractivity (Wildman–Crippen MR) is 83.6 cm³/mol. The summed E-state index contributed by atoms with van der Waals surface area (Å²) in [5.41, 5.74) is 1.46. The molecule has 0 aliphatic rings. The molecule has 0 radical (unpaired) electrons.